The molecular formula is C29H30N2O9. The quantitative estimate of drug-likeness (QED) is 0.279. The summed E-state index contributed by atoms with van der Waals surface area (Å²) in [7, 11) is 2.91. The van der Waals surface area contributed by atoms with Crippen LogP contribution in [0.1, 0.15) is 22.6 Å². The van der Waals surface area contributed by atoms with E-state index in [9.17, 15) is 39.9 Å². The van der Waals surface area contributed by atoms with Crippen LogP contribution in [0, 0.1) is 11.8 Å². The largest absolute Gasteiger partial charge is 0.508 e. The van der Waals surface area contributed by atoms with Crippen molar-refractivity contribution in [2.24, 2.45) is 17.6 Å². The van der Waals surface area contributed by atoms with Gasteiger partial charge in [0.25, 0.3) is 5.91 Å². The van der Waals surface area contributed by atoms with E-state index in [2.05, 4.69) is 0 Å². The number of nitrogens with zero attached hydrogens (tertiary/aromatic N) is 1. The summed E-state index contributed by atoms with van der Waals surface area (Å²) in [5.41, 5.74) is 2.12. The van der Waals surface area contributed by atoms with Crippen molar-refractivity contribution < 1.29 is 44.7 Å². The molecule has 3 aliphatic rings. The summed E-state index contributed by atoms with van der Waals surface area (Å²) in [6, 6.07) is 12.3. The highest BCUT2D eigenvalue weighted by molar-refractivity contribution is 6.24. The Bertz CT molecular complexity index is 1470. The summed E-state index contributed by atoms with van der Waals surface area (Å²) in [4.78, 5) is 40.9. The van der Waals surface area contributed by atoms with Gasteiger partial charge in [-0.25, -0.2) is 0 Å². The molecule has 40 heavy (non-hydrogen) atoms. The van der Waals surface area contributed by atoms with Gasteiger partial charge in [0.2, 0.25) is 5.78 Å². The van der Waals surface area contributed by atoms with Crippen LogP contribution in [0.2, 0.25) is 0 Å². The number of aromatic hydroxyl groups is 1. The van der Waals surface area contributed by atoms with Gasteiger partial charge in [-0.15, -0.1) is 0 Å². The van der Waals surface area contributed by atoms with Crippen LogP contribution >= 0.6 is 0 Å². The summed E-state index contributed by atoms with van der Waals surface area (Å²) in [5, 5.41) is 56.6. The fourth-order valence-corrected chi connectivity index (χ4v) is 6.47. The SMILES string of the molecule is CN(C)C1C(=O)C(C(N)=O)=C(O)C2(O)C(=O)C3=C(O)c4c(O)cccc4C(COCc4ccccc4)C3C(O)C12. The third kappa shape index (κ3) is 3.85. The number of nitrogens with two attached hydrogens (primary N) is 1. The molecular weight excluding hydrogens is 520 g/mol. The Balaban J connectivity index is 1.69. The van der Waals surface area contributed by atoms with Crippen molar-refractivity contribution in [3.63, 3.8) is 0 Å². The number of phenols is 1. The Kier molecular flexibility index (Phi) is 6.79. The van der Waals surface area contributed by atoms with Gasteiger partial charge < -0.3 is 36.0 Å². The molecule has 210 valence electrons. The molecule has 1 fully saturated rings. The fraction of sp³-hybridized carbons (Fsp3) is 0.345. The second-order valence-electron chi connectivity index (χ2n) is 10.6. The normalized spacial score (nSPS) is 29.8. The molecule has 11 heteroatoms. The lowest BCUT2D eigenvalue weighted by Crippen LogP contribution is -2.70. The van der Waals surface area contributed by atoms with Crippen molar-refractivity contribution in [1.29, 1.82) is 0 Å². The number of hydrogen-bond acceptors (Lipinski definition) is 10. The molecule has 6 atom stereocenters. The smallest absolute Gasteiger partial charge is 0.255 e. The summed E-state index contributed by atoms with van der Waals surface area (Å²) < 4.78 is 5.98. The van der Waals surface area contributed by atoms with Gasteiger partial charge >= 0.3 is 0 Å². The Hall–Kier alpha value is -4.03. The Morgan fingerprint density at radius 2 is 1.73 bits per heavy atom. The van der Waals surface area contributed by atoms with E-state index < -0.39 is 75.6 Å². The maximum absolute atomic E-state index is 14.1. The van der Waals surface area contributed by atoms with Crippen molar-refractivity contribution in [3.05, 3.63) is 82.1 Å². The highest BCUT2D eigenvalue weighted by atomic mass is 16.5. The molecule has 0 bridgehead atoms. The Labute approximate surface area is 229 Å². The Morgan fingerprint density at radius 1 is 1.05 bits per heavy atom. The van der Waals surface area contributed by atoms with Gasteiger partial charge in [0.05, 0.1) is 36.8 Å². The first-order chi connectivity index (χ1) is 18.9. The number of phenolic OH excluding ortho intramolecular Hbond substituents is 1. The number of benzene rings is 2. The van der Waals surface area contributed by atoms with Gasteiger partial charge in [0.1, 0.15) is 22.8 Å². The number of fused-ring (bicyclic) bond motifs is 3. The van der Waals surface area contributed by atoms with Crippen LogP contribution in [-0.4, -0.2) is 86.4 Å². The first kappa shape index (κ1) is 27.5. The molecule has 1 saturated carbocycles. The van der Waals surface area contributed by atoms with Crippen LogP contribution < -0.4 is 5.73 Å². The van der Waals surface area contributed by atoms with Crippen molar-refractivity contribution >= 4 is 23.2 Å². The monoisotopic (exact) mass is 550 g/mol. The number of hydrogen-bond donors (Lipinski definition) is 6. The van der Waals surface area contributed by atoms with E-state index in [1.165, 1.54) is 25.1 Å². The molecule has 0 spiro atoms. The van der Waals surface area contributed by atoms with E-state index in [0.29, 0.717) is 5.56 Å². The zero-order valence-electron chi connectivity index (χ0n) is 21.8. The molecule has 1 amide bonds. The van der Waals surface area contributed by atoms with Crippen molar-refractivity contribution in [1.82, 2.24) is 4.90 Å². The minimum Gasteiger partial charge on any atom is -0.508 e. The molecule has 2 aromatic carbocycles. The number of rotatable bonds is 6. The summed E-state index contributed by atoms with van der Waals surface area (Å²) in [5.74, 6) is -9.53. The highest BCUT2D eigenvalue weighted by Gasteiger charge is 2.68. The van der Waals surface area contributed by atoms with E-state index in [1.807, 2.05) is 30.3 Å². The average Bonchev–Trinajstić information content (AvgIpc) is 2.90. The fourth-order valence-electron chi connectivity index (χ4n) is 6.47. The maximum atomic E-state index is 14.1. The minimum atomic E-state index is -2.97. The summed E-state index contributed by atoms with van der Waals surface area (Å²) >= 11 is 0. The molecule has 0 saturated heterocycles. The van der Waals surface area contributed by atoms with E-state index in [4.69, 9.17) is 10.5 Å². The van der Waals surface area contributed by atoms with Crippen LogP contribution in [0.15, 0.2) is 65.4 Å². The number of likely N-dealkylation sites (N-methyl/N-ethyl adjacent to an activating group) is 1. The zero-order chi connectivity index (χ0) is 29.1. The molecule has 11 nitrogen and oxygen atoms in total. The Morgan fingerprint density at radius 3 is 2.35 bits per heavy atom. The van der Waals surface area contributed by atoms with Crippen molar-refractivity contribution in [3.8, 4) is 5.75 Å². The second kappa shape index (κ2) is 9.86. The van der Waals surface area contributed by atoms with Gasteiger partial charge in [-0.3, -0.25) is 19.3 Å². The number of Topliss-reactive ketones (excluding diaryl/α,β-unsaturated/α-hetero) is 2. The topological polar surface area (TPSA) is 191 Å². The van der Waals surface area contributed by atoms with Gasteiger partial charge in [0.15, 0.2) is 11.4 Å². The lowest BCUT2D eigenvalue weighted by Gasteiger charge is -2.54. The highest BCUT2D eigenvalue weighted by Crippen LogP contribution is 2.56. The molecule has 0 aromatic heterocycles. The van der Waals surface area contributed by atoms with Gasteiger partial charge in [-0.05, 0) is 31.3 Å². The predicted octanol–water partition coefficient (Wildman–Crippen LogP) is 0.693. The van der Waals surface area contributed by atoms with Crippen LogP contribution in [0.5, 0.6) is 5.75 Å². The number of aliphatic hydroxyl groups is 4. The number of aliphatic hydroxyl groups excluding tert-OH is 3. The lowest BCUT2D eigenvalue weighted by atomic mass is 9.54. The van der Waals surface area contributed by atoms with E-state index >= 15 is 0 Å². The average molecular weight is 551 g/mol. The number of primary amides is 1. The van der Waals surface area contributed by atoms with Gasteiger partial charge in [0, 0.05) is 17.4 Å². The minimum absolute atomic E-state index is 0.0722. The molecule has 0 radical (unpaired) electrons. The standard InChI is InChI=1S/C29H30N2O9/c1-31(2)22-21-24(34)18-15(12-40-11-13-7-4-3-5-8-13)14-9-6-10-16(32)17(14)23(33)19(18)26(36)29(21,39)27(37)20(25(22)35)28(30)38/h3-10,15,18,21-22,24,32-34,37,39H,11-12H2,1-2H3,(H2,30,38). The zero-order valence-corrected chi connectivity index (χ0v) is 21.8. The number of carbonyl (C=O) groups excluding carboxylic acids is 3. The third-order valence-electron chi connectivity index (χ3n) is 8.21. The van der Waals surface area contributed by atoms with Gasteiger partial charge in [-0.1, -0.05) is 42.5 Å². The molecule has 2 aromatic rings. The maximum Gasteiger partial charge on any atom is 0.255 e. The first-order valence-corrected chi connectivity index (χ1v) is 12.7. The summed E-state index contributed by atoms with van der Waals surface area (Å²) in [6.07, 6.45) is -1.70. The number of ketones is 2. The van der Waals surface area contributed by atoms with E-state index in [0.717, 1.165) is 5.56 Å². The third-order valence-corrected chi connectivity index (χ3v) is 8.21. The van der Waals surface area contributed by atoms with Crippen LogP contribution in [0.25, 0.3) is 5.76 Å². The number of ether oxygens (including phenoxy) is 1. The lowest BCUT2D eigenvalue weighted by molar-refractivity contribution is -0.170. The molecule has 0 heterocycles. The second-order valence-corrected chi connectivity index (χ2v) is 10.6. The van der Waals surface area contributed by atoms with E-state index in [-0.39, 0.29) is 24.5 Å². The predicted molar refractivity (Wildman–Crippen MR) is 141 cm³/mol. The van der Waals surface area contributed by atoms with E-state index in [1.54, 1.807) is 12.1 Å². The molecule has 3 aliphatic carbocycles. The number of amides is 1. The van der Waals surface area contributed by atoms with Crippen LogP contribution in [0.4, 0.5) is 0 Å². The van der Waals surface area contributed by atoms with Crippen LogP contribution in [-0.2, 0) is 25.7 Å². The molecule has 0 aliphatic heterocycles. The van der Waals surface area contributed by atoms with Crippen molar-refractivity contribution in [2.45, 2.75) is 30.3 Å². The summed E-state index contributed by atoms with van der Waals surface area (Å²) in [6.45, 7) is 0.113. The van der Waals surface area contributed by atoms with Crippen LogP contribution in [0.3, 0.4) is 0 Å². The molecule has 5 rings (SSSR count). The molecule has 7 N–H and O–H groups in total. The van der Waals surface area contributed by atoms with Gasteiger partial charge in [-0.2, -0.15) is 0 Å². The molecule has 6 unspecified atom stereocenters. The first-order valence-electron chi connectivity index (χ1n) is 12.7. The van der Waals surface area contributed by atoms with Crippen molar-refractivity contribution in [2.75, 3.05) is 20.7 Å². The number of carbonyl (C=O) groups is 3.